The first-order valence-electron chi connectivity index (χ1n) is 13.2. The van der Waals surface area contributed by atoms with Crippen LogP contribution in [0.3, 0.4) is 0 Å². The normalized spacial score (nSPS) is 11.5. The van der Waals surface area contributed by atoms with Crippen LogP contribution in [0, 0.1) is 0 Å². The second-order valence-electron chi connectivity index (χ2n) is 9.27. The number of carbonyl (C=O) groups excluding carboxylic acids is 3. The highest BCUT2D eigenvalue weighted by Gasteiger charge is 2.22. The van der Waals surface area contributed by atoms with Gasteiger partial charge in [0.1, 0.15) is 12.6 Å². The Morgan fingerprint density at radius 1 is 0.846 bits per heavy atom. The summed E-state index contributed by atoms with van der Waals surface area (Å²) in [6.45, 7) is 0.821. The van der Waals surface area contributed by atoms with Crippen molar-refractivity contribution in [3.8, 4) is 0 Å². The number of benzene rings is 2. The van der Waals surface area contributed by atoms with Gasteiger partial charge >= 0.3 is 12.1 Å². The lowest BCUT2D eigenvalue weighted by Gasteiger charge is -2.18. The number of amides is 3. The molecule has 0 fully saturated rings. The molecular formula is C29H36N4O6. The zero-order chi connectivity index (χ0) is 27.9. The van der Waals surface area contributed by atoms with Gasteiger partial charge < -0.3 is 30.8 Å². The molecule has 1 heterocycles. The largest absolute Gasteiger partial charge is 0.481 e. The van der Waals surface area contributed by atoms with E-state index in [-0.39, 0.29) is 37.8 Å². The van der Waals surface area contributed by atoms with Crippen LogP contribution in [0.1, 0.15) is 49.7 Å². The average molecular weight is 537 g/mol. The van der Waals surface area contributed by atoms with E-state index < -0.39 is 18.1 Å². The maximum Gasteiger partial charge on any atom is 0.407 e. The molecule has 0 saturated heterocycles. The zero-order valence-electron chi connectivity index (χ0n) is 21.9. The van der Waals surface area contributed by atoms with Crippen LogP contribution < -0.4 is 16.0 Å². The van der Waals surface area contributed by atoms with Gasteiger partial charge in [-0.25, -0.2) is 4.79 Å². The Hall–Kier alpha value is -4.34. The first-order valence-corrected chi connectivity index (χ1v) is 13.2. The lowest BCUT2D eigenvalue weighted by molar-refractivity contribution is -0.137. The number of carbonyl (C=O) groups is 4. The first kappa shape index (κ1) is 29.2. The summed E-state index contributed by atoms with van der Waals surface area (Å²) in [6.07, 6.45) is 4.11. The molecule has 0 bridgehead atoms. The molecule has 0 saturated carbocycles. The minimum absolute atomic E-state index is 0.104. The lowest BCUT2D eigenvalue weighted by Crippen LogP contribution is -2.48. The van der Waals surface area contributed by atoms with Crippen LogP contribution in [0.15, 0.2) is 60.8 Å². The van der Waals surface area contributed by atoms with Crippen molar-refractivity contribution >= 4 is 34.8 Å². The van der Waals surface area contributed by atoms with E-state index in [1.165, 1.54) is 0 Å². The number of ether oxygens (including phenoxy) is 1. The molecule has 5 N–H and O–H groups in total. The monoisotopic (exact) mass is 536 g/mol. The standard InChI is InChI=1S/C29H36N4O6/c34-26(14-9-17-31-29(38)39-20-21-10-3-1-4-11-21)33-25(28(37)30-16-8-2-5-15-27(35)36)18-22-19-32-24-13-7-6-12-23(22)24/h1,3-4,6-7,10-13,19,25,32H,2,5,8-9,14-18,20H2,(H,30,37)(H,31,38)(H,33,34)(H,35,36)/t25-/m0/s1. The number of para-hydroxylation sites is 1. The summed E-state index contributed by atoms with van der Waals surface area (Å²) in [5.74, 6) is -1.43. The molecule has 0 radical (unpaired) electrons. The van der Waals surface area contributed by atoms with E-state index in [2.05, 4.69) is 20.9 Å². The SMILES string of the molecule is O=C(O)CCCCCNC(=O)[C@H](Cc1c[nH]c2ccccc12)NC(=O)CCCNC(=O)OCc1ccccc1. The van der Waals surface area contributed by atoms with E-state index >= 15 is 0 Å². The van der Waals surface area contributed by atoms with E-state index in [1.54, 1.807) is 0 Å². The topological polar surface area (TPSA) is 150 Å². The summed E-state index contributed by atoms with van der Waals surface area (Å²) in [5.41, 5.74) is 2.74. The highest BCUT2D eigenvalue weighted by molar-refractivity contribution is 5.89. The van der Waals surface area contributed by atoms with Gasteiger partial charge in [0.2, 0.25) is 11.8 Å². The molecule has 3 amide bonds. The van der Waals surface area contributed by atoms with Gasteiger partial charge in [0.15, 0.2) is 0 Å². The number of unbranched alkanes of at least 4 members (excludes halogenated alkanes) is 2. The van der Waals surface area contributed by atoms with Crippen molar-refractivity contribution in [1.82, 2.24) is 20.9 Å². The highest BCUT2D eigenvalue weighted by atomic mass is 16.5. The molecule has 1 atom stereocenters. The molecule has 10 nitrogen and oxygen atoms in total. The summed E-state index contributed by atoms with van der Waals surface area (Å²) < 4.78 is 5.16. The van der Waals surface area contributed by atoms with Crippen molar-refractivity contribution in [1.29, 1.82) is 0 Å². The number of hydrogen-bond acceptors (Lipinski definition) is 5. The summed E-state index contributed by atoms with van der Waals surface area (Å²) in [4.78, 5) is 51.4. The molecule has 208 valence electrons. The van der Waals surface area contributed by atoms with Crippen LogP contribution in [0.4, 0.5) is 4.79 Å². The number of hydrogen-bond donors (Lipinski definition) is 5. The summed E-state index contributed by atoms with van der Waals surface area (Å²) in [6, 6.07) is 16.3. The Labute approximate surface area is 227 Å². The minimum atomic E-state index is -0.834. The van der Waals surface area contributed by atoms with Gasteiger partial charge in [-0.05, 0) is 36.5 Å². The first-order chi connectivity index (χ1) is 18.9. The third kappa shape index (κ3) is 10.5. The van der Waals surface area contributed by atoms with Gasteiger partial charge in [-0.3, -0.25) is 14.4 Å². The molecule has 3 rings (SSSR count). The number of aromatic nitrogens is 1. The van der Waals surface area contributed by atoms with Gasteiger partial charge in [0, 0.05) is 49.5 Å². The van der Waals surface area contributed by atoms with Crippen molar-refractivity contribution in [2.75, 3.05) is 13.1 Å². The molecule has 0 aliphatic rings. The number of H-pyrrole nitrogens is 1. The summed E-state index contributed by atoms with van der Waals surface area (Å²) in [5, 5.41) is 18.1. The summed E-state index contributed by atoms with van der Waals surface area (Å²) >= 11 is 0. The number of nitrogens with one attached hydrogen (secondary N) is 4. The molecule has 10 heteroatoms. The van der Waals surface area contributed by atoms with E-state index in [0.29, 0.717) is 38.6 Å². The fourth-order valence-corrected chi connectivity index (χ4v) is 4.12. The van der Waals surface area contributed by atoms with Crippen molar-refractivity contribution in [3.05, 3.63) is 71.9 Å². The number of aromatic amines is 1. The Morgan fingerprint density at radius 2 is 1.59 bits per heavy atom. The van der Waals surface area contributed by atoms with Crippen LogP contribution in [-0.2, 0) is 32.1 Å². The van der Waals surface area contributed by atoms with Gasteiger partial charge in [0.25, 0.3) is 0 Å². The van der Waals surface area contributed by atoms with Crippen LogP contribution in [0.5, 0.6) is 0 Å². The smallest absolute Gasteiger partial charge is 0.407 e. The molecule has 1 aromatic heterocycles. The summed E-state index contributed by atoms with van der Waals surface area (Å²) in [7, 11) is 0. The molecule has 0 aliphatic carbocycles. The van der Waals surface area contributed by atoms with Crippen LogP contribution in [-0.4, -0.2) is 53.1 Å². The van der Waals surface area contributed by atoms with Crippen molar-refractivity contribution in [2.24, 2.45) is 0 Å². The van der Waals surface area contributed by atoms with Gasteiger partial charge in [-0.2, -0.15) is 0 Å². The molecule has 2 aromatic carbocycles. The van der Waals surface area contributed by atoms with Crippen LogP contribution >= 0.6 is 0 Å². The van der Waals surface area contributed by atoms with Crippen LogP contribution in [0.25, 0.3) is 10.9 Å². The fraction of sp³-hybridized carbons (Fsp3) is 0.379. The van der Waals surface area contributed by atoms with E-state index in [4.69, 9.17) is 9.84 Å². The van der Waals surface area contributed by atoms with Crippen molar-refractivity contribution in [2.45, 2.75) is 57.6 Å². The Morgan fingerprint density at radius 3 is 2.38 bits per heavy atom. The molecule has 39 heavy (non-hydrogen) atoms. The lowest BCUT2D eigenvalue weighted by atomic mass is 10.0. The van der Waals surface area contributed by atoms with Crippen LogP contribution in [0.2, 0.25) is 0 Å². The number of rotatable bonds is 16. The predicted molar refractivity (Wildman–Crippen MR) is 147 cm³/mol. The maximum absolute atomic E-state index is 13.0. The fourth-order valence-electron chi connectivity index (χ4n) is 4.12. The molecule has 3 aromatic rings. The Bertz CT molecular complexity index is 1230. The van der Waals surface area contributed by atoms with Crippen molar-refractivity contribution < 1.29 is 29.0 Å². The third-order valence-electron chi connectivity index (χ3n) is 6.18. The second-order valence-corrected chi connectivity index (χ2v) is 9.27. The number of aliphatic carboxylic acids is 1. The number of carboxylic acids is 1. The molecule has 0 spiro atoms. The number of fused-ring (bicyclic) bond motifs is 1. The maximum atomic E-state index is 13.0. The number of carboxylic acid groups (broad SMARTS) is 1. The van der Waals surface area contributed by atoms with E-state index in [0.717, 1.165) is 22.0 Å². The molecule has 0 aliphatic heterocycles. The van der Waals surface area contributed by atoms with Gasteiger partial charge in [-0.15, -0.1) is 0 Å². The quantitative estimate of drug-likeness (QED) is 0.176. The zero-order valence-corrected chi connectivity index (χ0v) is 21.9. The Balaban J connectivity index is 1.46. The predicted octanol–water partition coefficient (Wildman–Crippen LogP) is 3.66. The molecular weight excluding hydrogens is 500 g/mol. The Kier molecular flexibility index (Phi) is 11.8. The van der Waals surface area contributed by atoms with Crippen molar-refractivity contribution in [3.63, 3.8) is 0 Å². The number of alkyl carbamates (subject to hydrolysis) is 1. The van der Waals surface area contributed by atoms with Gasteiger partial charge in [0.05, 0.1) is 0 Å². The average Bonchev–Trinajstić information content (AvgIpc) is 3.34. The van der Waals surface area contributed by atoms with E-state index in [9.17, 15) is 19.2 Å². The third-order valence-corrected chi connectivity index (χ3v) is 6.18. The van der Waals surface area contributed by atoms with E-state index in [1.807, 2.05) is 60.8 Å². The minimum Gasteiger partial charge on any atom is -0.481 e. The second kappa shape index (κ2) is 15.8. The molecule has 0 unspecified atom stereocenters. The highest BCUT2D eigenvalue weighted by Crippen LogP contribution is 2.19. The van der Waals surface area contributed by atoms with Gasteiger partial charge in [-0.1, -0.05) is 55.0 Å².